The summed E-state index contributed by atoms with van der Waals surface area (Å²) in [7, 11) is 0. The number of hydrogen-bond donors (Lipinski definition) is 1. The van der Waals surface area contributed by atoms with Gasteiger partial charge in [-0.05, 0) is 37.6 Å². The van der Waals surface area contributed by atoms with E-state index in [-0.39, 0.29) is 5.91 Å². The first-order valence-electron chi connectivity index (χ1n) is 6.73. The van der Waals surface area contributed by atoms with Gasteiger partial charge < -0.3 is 5.32 Å². The van der Waals surface area contributed by atoms with Crippen LogP contribution in [0.2, 0.25) is 0 Å². The van der Waals surface area contributed by atoms with Crippen LogP contribution in [0.15, 0.2) is 28.1 Å². The average Bonchev–Trinajstić information content (AvgIpc) is 2.89. The fraction of sp³-hybridized carbons (Fsp3) is 0.333. The molecule has 0 radical (unpaired) electrons. The predicted octanol–water partition coefficient (Wildman–Crippen LogP) is 4.20. The molecule has 112 valence electrons. The normalized spacial score (nSPS) is 10.5. The summed E-state index contributed by atoms with van der Waals surface area (Å²) in [6.07, 6.45) is 0. The Morgan fingerprint density at radius 1 is 1.48 bits per heavy atom. The highest BCUT2D eigenvalue weighted by molar-refractivity contribution is 9.10. The number of carbonyl (C=O) groups is 1. The second-order valence-electron chi connectivity index (χ2n) is 4.70. The largest absolute Gasteiger partial charge is 0.379 e. The fourth-order valence-electron chi connectivity index (χ4n) is 1.94. The topological polar surface area (TPSA) is 45.2 Å². The molecule has 4 nitrogen and oxygen atoms in total. The van der Waals surface area contributed by atoms with Crippen LogP contribution in [0.3, 0.4) is 0 Å². The van der Waals surface area contributed by atoms with Gasteiger partial charge in [0, 0.05) is 29.0 Å². The van der Waals surface area contributed by atoms with E-state index < -0.39 is 0 Å². The number of aromatic nitrogens is 1. The molecule has 1 heterocycles. The van der Waals surface area contributed by atoms with Crippen LogP contribution in [-0.2, 0) is 11.3 Å². The van der Waals surface area contributed by atoms with E-state index >= 15 is 0 Å². The fourth-order valence-corrected chi connectivity index (χ4v) is 3.12. The molecule has 21 heavy (non-hydrogen) atoms. The molecule has 2 aromatic rings. The summed E-state index contributed by atoms with van der Waals surface area (Å²) in [6.45, 7) is 6.86. The van der Waals surface area contributed by atoms with Gasteiger partial charge in [0.25, 0.3) is 0 Å². The third-order valence-electron chi connectivity index (χ3n) is 3.10. The summed E-state index contributed by atoms with van der Waals surface area (Å²) < 4.78 is 1.10. The van der Waals surface area contributed by atoms with Crippen molar-refractivity contribution in [3.05, 3.63) is 39.3 Å². The van der Waals surface area contributed by atoms with Gasteiger partial charge in [-0.2, -0.15) is 0 Å². The molecule has 0 bridgehead atoms. The summed E-state index contributed by atoms with van der Waals surface area (Å²) in [4.78, 5) is 17.7. The number of nitrogens with zero attached hydrogens (tertiary/aromatic N) is 2. The number of thiazole rings is 1. The SMILES string of the molecule is CCN(C(C)=O)c1nc(CNc2ccc(Br)c(C)c2)cs1. The maximum absolute atomic E-state index is 11.5. The van der Waals surface area contributed by atoms with Crippen LogP contribution < -0.4 is 10.2 Å². The molecule has 0 unspecified atom stereocenters. The van der Waals surface area contributed by atoms with E-state index in [2.05, 4.69) is 39.2 Å². The lowest BCUT2D eigenvalue weighted by atomic mass is 10.2. The van der Waals surface area contributed by atoms with Gasteiger partial charge in [0.1, 0.15) is 0 Å². The summed E-state index contributed by atoms with van der Waals surface area (Å²) in [6, 6.07) is 6.14. The van der Waals surface area contributed by atoms with Crippen molar-refractivity contribution in [3.63, 3.8) is 0 Å². The first-order valence-corrected chi connectivity index (χ1v) is 8.41. The van der Waals surface area contributed by atoms with Crippen LogP contribution in [-0.4, -0.2) is 17.4 Å². The molecule has 0 fully saturated rings. The lowest BCUT2D eigenvalue weighted by molar-refractivity contribution is -0.116. The number of nitrogens with one attached hydrogen (secondary N) is 1. The van der Waals surface area contributed by atoms with Crippen molar-refractivity contribution in [3.8, 4) is 0 Å². The molecule has 1 aromatic carbocycles. The van der Waals surface area contributed by atoms with E-state index in [1.54, 1.807) is 11.8 Å². The molecule has 0 aliphatic carbocycles. The second kappa shape index (κ2) is 7.04. The number of carbonyl (C=O) groups excluding carboxylic acids is 1. The third kappa shape index (κ3) is 4.04. The standard InChI is InChI=1S/C15H18BrN3OS/c1-4-19(11(3)20)15-18-13(9-21-15)8-17-12-5-6-14(16)10(2)7-12/h5-7,9,17H,4,8H2,1-3H3. The number of rotatable bonds is 5. The maximum atomic E-state index is 11.5. The van der Waals surface area contributed by atoms with Crippen molar-refractivity contribution in [2.45, 2.75) is 27.3 Å². The Kier molecular flexibility index (Phi) is 5.36. The van der Waals surface area contributed by atoms with Crippen LogP contribution in [0.5, 0.6) is 0 Å². The molecule has 0 aliphatic rings. The zero-order valence-electron chi connectivity index (χ0n) is 12.3. The number of hydrogen-bond acceptors (Lipinski definition) is 4. The van der Waals surface area contributed by atoms with E-state index in [9.17, 15) is 4.79 Å². The van der Waals surface area contributed by atoms with E-state index in [1.165, 1.54) is 16.9 Å². The molecule has 1 N–H and O–H groups in total. The number of amides is 1. The molecule has 0 aliphatic heterocycles. The third-order valence-corrected chi connectivity index (χ3v) is 4.90. The molecule has 6 heteroatoms. The van der Waals surface area contributed by atoms with E-state index in [1.807, 2.05) is 24.4 Å². The number of benzene rings is 1. The highest BCUT2D eigenvalue weighted by Gasteiger charge is 2.13. The van der Waals surface area contributed by atoms with Crippen molar-refractivity contribution in [2.24, 2.45) is 0 Å². The quantitative estimate of drug-likeness (QED) is 0.860. The molecular formula is C15H18BrN3OS. The molecule has 0 saturated heterocycles. The zero-order chi connectivity index (χ0) is 15.4. The van der Waals surface area contributed by atoms with Gasteiger partial charge in [-0.15, -0.1) is 11.3 Å². The lowest BCUT2D eigenvalue weighted by Gasteiger charge is -2.14. The molecular weight excluding hydrogens is 350 g/mol. The molecule has 1 aromatic heterocycles. The van der Waals surface area contributed by atoms with E-state index in [4.69, 9.17) is 0 Å². The van der Waals surface area contributed by atoms with Crippen molar-refractivity contribution in [1.29, 1.82) is 0 Å². The van der Waals surface area contributed by atoms with Gasteiger partial charge in [-0.3, -0.25) is 9.69 Å². The highest BCUT2D eigenvalue weighted by Crippen LogP contribution is 2.23. The van der Waals surface area contributed by atoms with Crippen LogP contribution >= 0.6 is 27.3 Å². The van der Waals surface area contributed by atoms with Crippen molar-refractivity contribution in [2.75, 3.05) is 16.8 Å². The van der Waals surface area contributed by atoms with E-state index in [0.29, 0.717) is 13.1 Å². The minimum atomic E-state index is 0.0230. The van der Waals surface area contributed by atoms with Crippen molar-refractivity contribution < 1.29 is 4.79 Å². The Balaban J connectivity index is 2.02. The van der Waals surface area contributed by atoms with Crippen molar-refractivity contribution >= 4 is 44.0 Å². The molecule has 0 spiro atoms. The molecule has 1 amide bonds. The van der Waals surface area contributed by atoms with Gasteiger partial charge in [-0.25, -0.2) is 4.98 Å². The number of aryl methyl sites for hydroxylation is 1. The average molecular weight is 368 g/mol. The minimum Gasteiger partial charge on any atom is -0.379 e. The smallest absolute Gasteiger partial charge is 0.225 e. The minimum absolute atomic E-state index is 0.0230. The maximum Gasteiger partial charge on any atom is 0.225 e. The molecule has 0 saturated carbocycles. The van der Waals surface area contributed by atoms with Gasteiger partial charge in [0.15, 0.2) is 5.13 Å². The Morgan fingerprint density at radius 3 is 2.86 bits per heavy atom. The second-order valence-corrected chi connectivity index (χ2v) is 6.39. The van der Waals surface area contributed by atoms with E-state index in [0.717, 1.165) is 21.0 Å². The first kappa shape index (κ1) is 16.0. The molecule has 2 rings (SSSR count). The summed E-state index contributed by atoms with van der Waals surface area (Å²) >= 11 is 4.99. The number of anilines is 2. The summed E-state index contributed by atoms with van der Waals surface area (Å²) in [5.74, 6) is 0.0230. The summed E-state index contributed by atoms with van der Waals surface area (Å²) in [5.41, 5.74) is 3.19. The lowest BCUT2D eigenvalue weighted by Crippen LogP contribution is -2.27. The number of halogens is 1. The predicted molar refractivity (Wildman–Crippen MR) is 92.0 cm³/mol. The van der Waals surface area contributed by atoms with Gasteiger partial charge >= 0.3 is 0 Å². The Labute approximate surface area is 137 Å². The highest BCUT2D eigenvalue weighted by atomic mass is 79.9. The van der Waals surface area contributed by atoms with Gasteiger partial charge in [-0.1, -0.05) is 15.9 Å². The Hall–Kier alpha value is -1.40. The van der Waals surface area contributed by atoms with Gasteiger partial charge in [0.2, 0.25) is 5.91 Å². The van der Waals surface area contributed by atoms with Crippen LogP contribution in [0.25, 0.3) is 0 Å². The molecule has 0 atom stereocenters. The van der Waals surface area contributed by atoms with Crippen LogP contribution in [0.4, 0.5) is 10.8 Å². The zero-order valence-corrected chi connectivity index (χ0v) is 14.7. The Morgan fingerprint density at radius 2 is 2.24 bits per heavy atom. The van der Waals surface area contributed by atoms with Gasteiger partial charge in [0.05, 0.1) is 12.2 Å². The monoisotopic (exact) mass is 367 g/mol. The van der Waals surface area contributed by atoms with Crippen LogP contribution in [0.1, 0.15) is 25.1 Å². The van der Waals surface area contributed by atoms with Crippen LogP contribution in [0, 0.1) is 6.92 Å². The Bertz CT molecular complexity index is 642. The van der Waals surface area contributed by atoms with Crippen molar-refractivity contribution in [1.82, 2.24) is 4.98 Å². The first-order chi connectivity index (χ1) is 10.0. The summed E-state index contributed by atoms with van der Waals surface area (Å²) in [5, 5.41) is 6.09.